The Balaban J connectivity index is 1.74. The summed E-state index contributed by atoms with van der Waals surface area (Å²) in [6.45, 7) is 1.36. The Morgan fingerprint density at radius 2 is 1.41 bits per heavy atom. The van der Waals surface area contributed by atoms with E-state index >= 15 is 0 Å². The van der Waals surface area contributed by atoms with Gasteiger partial charge in [-0.3, -0.25) is 14.4 Å². The number of aromatic carboxylic acids is 1. The first-order chi connectivity index (χ1) is 15.1. The lowest BCUT2D eigenvalue weighted by atomic mass is 10.1. The maximum atomic E-state index is 13.0. The van der Waals surface area contributed by atoms with Gasteiger partial charge in [-0.15, -0.1) is 0 Å². The van der Waals surface area contributed by atoms with Crippen LogP contribution in [0.5, 0.6) is 0 Å². The second kappa shape index (κ2) is 7.54. The molecule has 1 aliphatic heterocycles. The Labute approximate surface area is 182 Å². The molecule has 9 heteroatoms. The first-order valence-corrected chi connectivity index (χ1v) is 10.8. The third kappa shape index (κ3) is 3.38. The van der Waals surface area contributed by atoms with Crippen molar-refractivity contribution < 1.29 is 32.7 Å². The Kier molecular flexibility index (Phi) is 4.98. The molecule has 1 aliphatic rings. The van der Waals surface area contributed by atoms with Crippen LogP contribution in [0.2, 0.25) is 0 Å². The standard InChI is InChI=1S/C23H15NO7S/c1-13(25)15-3-2-4-16(11-15)24-21(26)19-10-9-18(12-20(19)22(24)27)32(30,31)17-7-5-14(6-8-17)23(28)29/h2-12H,1H3,(H,28,29)/p-1. The summed E-state index contributed by atoms with van der Waals surface area (Å²) < 4.78 is 25.9. The zero-order valence-electron chi connectivity index (χ0n) is 16.6. The van der Waals surface area contributed by atoms with E-state index in [2.05, 4.69) is 0 Å². The summed E-state index contributed by atoms with van der Waals surface area (Å²) in [7, 11) is -4.08. The van der Waals surface area contributed by atoms with E-state index < -0.39 is 27.6 Å². The first-order valence-electron chi connectivity index (χ1n) is 9.31. The van der Waals surface area contributed by atoms with Crippen LogP contribution in [-0.4, -0.2) is 32.0 Å². The van der Waals surface area contributed by atoms with E-state index in [-0.39, 0.29) is 38.0 Å². The van der Waals surface area contributed by atoms with Gasteiger partial charge in [0.1, 0.15) is 0 Å². The molecule has 0 unspecified atom stereocenters. The zero-order chi connectivity index (χ0) is 23.2. The van der Waals surface area contributed by atoms with Crippen molar-refractivity contribution in [3.05, 3.63) is 89.0 Å². The number of rotatable bonds is 5. The minimum Gasteiger partial charge on any atom is -0.545 e. The summed E-state index contributed by atoms with van der Waals surface area (Å²) in [5, 5.41) is 10.9. The number of hydrogen-bond acceptors (Lipinski definition) is 7. The number of amides is 2. The molecule has 4 rings (SSSR count). The Morgan fingerprint density at radius 3 is 2.03 bits per heavy atom. The lowest BCUT2D eigenvalue weighted by Gasteiger charge is -2.14. The number of imide groups is 1. The number of hydrogen-bond donors (Lipinski definition) is 0. The van der Waals surface area contributed by atoms with Gasteiger partial charge in [0, 0.05) is 5.56 Å². The van der Waals surface area contributed by atoms with Gasteiger partial charge in [-0.05, 0) is 55.0 Å². The van der Waals surface area contributed by atoms with E-state index in [4.69, 9.17) is 0 Å². The van der Waals surface area contributed by atoms with Crippen LogP contribution in [0, 0.1) is 0 Å². The number of carboxylic acid groups (broad SMARTS) is 1. The van der Waals surface area contributed by atoms with Crippen LogP contribution in [-0.2, 0) is 9.84 Å². The highest BCUT2D eigenvalue weighted by Gasteiger charge is 2.38. The lowest BCUT2D eigenvalue weighted by Crippen LogP contribution is -2.29. The van der Waals surface area contributed by atoms with Crippen LogP contribution in [0.4, 0.5) is 5.69 Å². The molecular weight excluding hydrogens is 434 g/mol. The summed E-state index contributed by atoms with van der Waals surface area (Å²) in [4.78, 5) is 48.8. The molecule has 1 heterocycles. The van der Waals surface area contributed by atoms with E-state index in [9.17, 15) is 32.7 Å². The number of sulfone groups is 1. The van der Waals surface area contributed by atoms with Gasteiger partial charge < -0.3 is 9.90 Å². The van der Waals surface area contributed by atoms with Gasteiger partial charge in [-0.1, -0.05) is 24.3 Å². The van der Waals surface area contributed by atoms with Gasteiger partial charge in [-0.25, -0.2) is 13.3 Å². The second-order valence-electron chi connectivity index (χ2n) is 7.07. The quantitative estimate of drug-likeness (QED) is 0.430. The molecule has 8 nitrogen and oxygen atoms in total. The molecule has 0 spiro atoms. The molecule has 2 amide bonds. The minimum atomic E-state index is -4.08. The van der Waals surface area contributed by atoms with E-state index in [0.717, 1.165) is 35.2 Å². The van der Waals surface area contributed by atoms with Crippen molar-refractivity contribution in [2.24, 2.45) is 0 Å². The number of carboxylic acids is 1. The molecule has 0 fully saturated rings. The molecule has 0 aliphatic carbocycles. The molecule has 0 radical (unpaired) electrons. The van der Waals surface area contributed by atoms with Crippen molar-refractivity contribution >= 4 is 39.1 Å². The van der Waals surface area contributed by atoms with Crippen molar-refractivity contribution in [1.29, 1.82) is 0 Å². The third-order valence-corrected chi connectivity index (χ3v) is 6.85. The molecule has 3 aromatic carbocycles. The summed E-state index contributed by atoms with van der Waals surface area (Å²) in [6, 6.07) is 14.1. The molecule has 0 atom stereocenters. The minimum absolute atomic E-state index is 0.0366. The average Bonchev–Trinajstić information content (AvgIpc) is 3.03. The number of ketones is 1. The highest BCUT2D eigenvalue weighted by molar-refractivity contribution is 7.91. The maximum absolute atomic E-state index is 13.0. The van der Waals surface area contributed by atoms with Crippen LogP contribution in [0.3, 0.4) is 0 Å². The van der Waals surface area contributed by atoms with E-state index in [1.165, 1.54) is 31.2 Å². The summed E-state index contributed by atoms with van der Waals surface area (Å²) in [5.74, 6) is -3.02. The summed E-state index contributed by atoms with van der Waals surface area (Å²) >= 11 is 0. The van der Waals surface area contributed by atoms with Gasteiger partial charge in [0.15, 0.2) is 5.78 Å². The Bertz CT molecular complexity index is 1420. The molecule has 0 N–H and O–H groups in total. The average molecular weight is 448 g/mol. The normalized spacial score (nSPS) is 13.2. The number of carbonyl (C=O) groups is 4. The smallest absolute Gasteiger partial charge is 0.266 e. The number of benzene rings is 3. The number of nitrogens with zero attached hydrogens (tertiary/aromatic N) is 1. The maximum Gasteiger partial charge on any atom is 0.266 e. The fraction of sp³-hybridized carbons (Fsp3) is 0.0435. The van der Waals surface area contributed by atoms with Crippen LogP contribution in [0.25, 0.3) is 0 Å². The van der Waals surface area contributed by atoms with E-state index in [0.29, 0.717) is 5.56 Å². The molecule has 0 bridgehead atoms. The zero-order valence-corrected chi connectivity index (χ0v) is 17.4. The third-order valence-electron chi connectivity index (χ3n) is 5.08. The predicted octanol–water partition coefficient (Wildman–Crippen LogP) is 1.89. The monoisotopic (exact) mass is 448 g/mol. The summed E-state index contributed by atoms with van der Waals surface area (Å²) in [6.07, 6.45) is 0. The topological polar surface area (TPSA) is 129 Å². The van der Waals surface area contributed by atoms with Crippen molar-refractivity contribution in [2.45, 2.75) is 16.7 Å². The number of anilines is 1. The van der Waals surface area contributed by atoms with Gasteiger partial charge in [-0.2, -0.15) is 0 Å². The van der Waals surface area contributed by atoms with Crippen LogP contribution in [0.15, 0.2) is 76.5 Å². The van der Waals surface area contributed by atoms with Crippen LogP contribution < -0.4 is 10.0 Å². The van der Waals surface area contributed by atoms with Gasteiger partial charge in [0.25, 0.3) is 11.8 Å². The number of Topliss-reactive ketones (excluding diaryl/α,β-unsaturated/α-hetero) is 1. The van der Waals surface area contributed by atoms with Crippen molar-refractivity contribution in [3.63, 3.8) is 0 Å². The van der Waals surface area contributed by atoms with Gasteiger partial charge >= 0.3 is 0 Å². The number of carbonyl (C=O) groups excluding carboxylic acids is 4. The second-order valence-corrected chi connectivity index (χ2v) is 9.02. The molecule has 0 aromatic heterocycles. The molecule has 0 saturated heterocycles. The fourth-order valence-electron chi connectivity index (χ4n) is 3.39. The fourth-order valence-corrected chi connectivity index (χ4v) is 4.68. The lowest BCUT2D eigenvalue weighted by molar-refractivity contribution is -0.255. The van der Waals surface area contributed by atoms with Crippen LogP contribution >= 0.6 is 0 Å². The molecule has 3 aromatic rings. The van der Waals surface area contributed by atoms with E-state index in [1.54, 1.807) is 12.1 Å². The Hall–Kier alpha value is -4.11. The predicted molar refractivity (Wildman–Crippen MR) is 110 cm³/mol. The van der Waals surface area contributed by atoms with Crippen molar-refractivity contribution in [1.82, 2.24) is 0 Å². The SMILES string of the molecule is CC(=O)c1cccc(N2C(=O)c3ccc(S(=O)(=O)c4ccc(C(=O)[O-])cc4)cc3C2=O)c1. The highest BCUT2D eigenvalue weighted by atomic mass is 32.2. The molecule has 32 heavy (non-hydrogen) atoms. The molecular formula is C23H14NO7S-. The van der Waals surface area contributed by atoms with Gasteiger partial charge in [0.2, 0.25) is 9.84 Å². The van der Waals surface area contributed by atoms with Crippen molar-refractivity contribution in [2.75, 3.05) is 4.90 Å². The summed E-state index contributed by atoms with van der Waals surface area (Å²) in [5.41, 5.74) is 0.292. The first kappa shape index (κ1) is 21.1. The van der Waals surface area contributed by atoms with Crippen molar-refractivity contribution in [3.8, 4) is 0 Å². The molecule has 0 saturated carbocycles. The van der Waals surface area contributed by atoms with Crippen LogP contribution in [0.1, 0.15) is 48.4 Å². The number of fused-ring (bicyclic) bond motifs is 1. The highest BCUT2D eigenvalue weighted by Crippen LogP contribution is 2.32. The Morgan fingerprint density at radius 1 is 0.781 bits per heavy atom. The van der Waals surface area contributed by atoms with E-state index in [1.807, 2.05) is 0 Å². The van der Waals surface area contributed by atoms with Gasteiger partial charge in [0.05, 0.1) is 32.6 Å². The largest absolute Gasteiger partial charge is 0.545 e. The molecule has 160 valence electrons.